The lowest BCUT2D eigenvalue weighted by molar-refractivity contribution is -0.141. The molecule has 2 atom stereocenters. The van der Waals surface area contributed by atoms with Crippen LogP contribution in [0.25, 0.3) is 10.2 Å². The third kappa shape index (κ3) is 3.27. The number of fused-ring (bicyclic) bond motifs is 1. The molecule has 116 valence electrons. The molecule has 1 aliphatic carbocycles. The molecule has 0 aliphatic heterocycles. The Hall–Kier alpha value is -1.95. The van der Waals surface area contributed by atoms with Crippen molar-refractivity contribution in [3.8, 4) is 0 Å². The molecule has 0 saturated heterocycles. The van der Waals surface area contributed by atoms with Gasteiger partial charge in [-0.1, -0.05) is 12.1 Å². The molecule has 6 heteroatoms. The molecule has 1 heterocycles. The van der Waals surface area contributed by atoms with Crippen molar-refractivity contribution < 1.29 is 14.7 Å². The van der Waals surface area contributed by atoms with Crippen LogP contribution >= 0.6 is 11.3 Å². The van der Waals surface area contributed by atoms with Crippen LogP contribution in [-0.4, -0.2) is 28.5 Å². The molecule has 0 radical (unpaired) electrons. The van der Waals surface area contributed by atoms with E-state index >= 15 is 0 Å². The number of carbonyl (C=O) groups excluding carboxylic acids is 1. The number of carbonyl (C=O) groups is 2. The maximum absolute atomic E-state index is 12.1. The number of aliphatic carboxylic acids is 1. The number of nitrogens with zero attached hydrogens (tertiary/aromatic N) is 1. The van der Waals surface area contributed by atoms with Gasteiger partial charge in [-0.3, -0.25) is 9.59 Å². The Kier molecular flexibility index (Phi) is 4.38. The van der Waals surface area contributed by atoms with Crippen molar-refractivity contribution in [2.45, 2.75) is 25.7 Å². The summed E-state index contributed by atoms with van der Waals surface area (Å²) in [5, 5.41) is 12.9. The van der Waals surface area contributed by atoms with E-state index in [1.54, 1.807) is 11.3 Å². The van der Waals surface area contributed by atoms with E-state index < -0.39 is 5.97 Å². The zero-order valence-electron chi connectivity index (χ0n) is 12.1. The zero-order valence-corrected chi connectivity index (χ0v) is 12.9. The number of hydrogen-bond donors (Lipinski definition) is 2. The van der Waals surface area contributed by atoms with Gasteiger partial charge >= 0.3 is 5.97 Å². The Bertz CT molecular complexity index is 665. The molecule has 0 bridgehead atoms. The fourth-order valence-corrected chi connectivity index (χ4v) is 3.87. The monoisotopic (exact) mass is 318 g/mol. The second-order valence-electron chi connectivity index (χ2n) is 5.66. The summed E-state index contributed by atoms with van der Waals surface area (Å²) in [6, 6.07) is 7.98. The van der Waals surface area contributed by atoms with Gasteiger partial charge < -0.3 is 10.4 Å². The van der Waals surface area contributed by atoms with Gasteiger partial charge in [0.25, 0.3) is 0 Å². The van der Waals surface area contributed by atoms with Gasteiger partial charge in [-0.05, 0) is 31.4 Å². The second-order valence-corrected chi connectivity index (χ2v) is 6.78. The molecule has 3 rings (SSSR count). The van der Waals surface area contributed by atoms with Crippen LogP contribution in [-0.2, 0) is 16.0 Å². The predicted molar refractivity (Wildman–Crippen MR) is 84.8 cm³/mol. The Balaban J connectivity index is 1.48. The molecule has 1 saturated carbocycles. The quantitative estimate of drug-likeness (QED) is 0.887. The number of thiazole rings is 1. The number of nitrogens with one attached hydrogen (secondary N) is 1. The van der Waals surface area contributed by atoms with Crippen molar-refractivity contribution >= 4 is 33.4 Å². The van der Waals surface area contributed by atoms with Crippen LogP contribution in [0.15, 0.2) is 24.3 Å². The van der Waals surface area contributed by atoms with Crippen molar-refractivity contribution in [3.05, 3.63) is 29.3 Å². The van der Waals surface area contributed by atoms with Crippen LogP contribution < -0.4 is 5.32 Å². The Labute approximate surface area is 132 Å². The minimum Gasteiger partial charge on any atom is -0.481 e. The summed E-state index contributed by atoms with van der Waals surface area (Å²) in [6.45, 7) is 0.549. The lowest BCUT2D eigenvalue weighted by atomic mass is 10.0. The minimum absolute atomic E-state index is 0.0233. The Morgan fingerprint density at radius 3 is 2.77 bits per heavy atom. The molecule has 1 fully saturated rings. The van der Waals surface area contributed by atoms with Gasteiger partial charge in [-0.25, -0.2) is 4.98 Å². The van der Waals surface area contributed by atoms with E-state index in [1.807, 2.05) is 24.3 Å². The van der Waals surface area contributed by atoms with Crippen LogP contribution in [0.3, 0.4) is 0 Å². The van der Waals surface area contributed by atoms with Gasteiger partial charge in [0.2, 0.25) is 5.91 Å². The average molecular weight is 318 g/mol. The van der Waals surface area contributed by atoms with Gasteiger partial charge in [0, 0.05) is 18.9 Å². The summed E-state index contributed by atoms with van der Waals surface area (Å²) < 4.78 is 1.16. The van der Waals surface area contributed by atoms with Gasteiger partial charge in [0.05, 0.1) is 21.1 Å². The van der Waals surface area contributed by atoms with Gasteiger partial charge in [0.15, 0.2) is 0 Å². The maximum Gasteiger partial charge on any atom is 0.306 e. The van der Waals surface area contributed by atoms with Gasteiger partial charge in [-0.2, -0.15) is 0 Å². The van der Waals surface area contributed by atoms with Gasteiger partial charge in [0.1, 0.15) is 0 Å². The molecule has 0 spiro atoms. The fourth-order valence-electron chi connectivity index (χ4n) is 2.91. The predicted octanol–water partition coefficient (Wildman–Crippen LogP) is 2.46. The lowest BCUT2D eigenvalue weighted by Gasteiger charge is -2.10. The van der Waals surface area contributed by atoms with E-state index in [0.717, 1.165) is 15.2 Å². The number of rotatable bonds is 5. The van der Waals surface area contributed by atoms with E-state index in [2.05, 4.69) is 10.3 Å². The van der Waals surface area contributed by atoms with Gasteiger partial charge in [-0.15, -0.1) is 11.3 Å². The molecule has 1 aromatic heterocycles. The van der Waals surface area contributed by atoms with E-state index in [1.165, 1.54) is 0 Å². The Morgan fingerprint density at radius 2 is 2.05 bits per heavy atom. The summed E-state index contributed by atoms with van der Waals surface area (Å²) in [5.74, 6) is -1.33. The SMILES string of the molecule is O=C(O)[C@@H]1CC[C@H](C(=O)NCCc2nc3ccccc3s2)C1. The van der Waals surface area contributed by atoms with E-state index in [4.69, 9.17) is 5.11 Å². The van der Waals surface area contributed by atoms with Crippen LogP contribution in [0.2, 0.25) is 0 Å². The normalized spacial score (nSPS) is 21.1. The van der Waals surface area contributed by atoms with E-state index in [-0.39, 0.29) is 17.7 Å². The smallest absolute Gasteiger partial charge is 0.306 e. The highest BCUT2D eigenvalue weighted by Crippen LogP contribution is 2.31. The first-order valence-electron chi connectivity index (χ1n) is 7.48. The molecule has 1 aliphatic rings. The standard InChI is InChI=1S/C16H18N2O3S/c19-15(10-5-6-11(9-10)16(20)21)17-8-7-14-18-12-3-1-2-4-13(12)22-14/h1-4,10-11H,5-9H2,(H,17,19)(H,20,21)/t10-,11+/m0/s1. The van der Waals surface area contributed by atoms with Crippen molar-refractivity contribution in [2.75, 3.05) is 6.54 Å². The van der Waals surface area contributed by atoms with Crippen molar-refractivity contribution in [3.63, 3.8) is 0 Å². The molecule has 5 nitrogen and oxygen atoms in total. The van der Waals surface area contributed by atoms with Crippen LogP contribution in [0.1, 0.15) is 24.3 Å². The van der Waals surface area contributed by atoms with Crippen molar-refractivity contribution in [2.24, 2.45) is 11.8 Å². The average Bonchev–Trinajstić information content (AvgIpc) is 3.13. The minimum atomic E-state index is -0.787. The largest absolute Gasteiger partial charge is 0.481 e. The first kappa shape index (κ1) is 15.0. The molecule has 2 aromatic rings. The van der Waals surface area contributed by atoms with E-state index in [9.17, 15) is 9.59 Å². The summed E-state index contributed by atoms with van der Waals surface area (Å²) in [7, 11) is 0. The van der Waals surface area contributed by atoms with Crippen molar-refractivity contribution in [1.82, 2.24) is 10.3 Å². The second kappa shape index (κ2) is 6.44. The number of amides is 1. The highest BCUT2D eigenvalue weighted by Gasteiger charge is 2.33. The molecule has 1 amide bonds. The molecular formula is C16H18N2O3S. The number of carboxylic acid groups (broad SMARTS) is 1. The van der Waals surface area contributed by atoms with Crippen LogP contribution in [0, 0.1) is 11.8 Å². The molecular weight excluding hydrogens is 300 g/mol. The first-order valence-corrected chi connectivity index (χ1v) is 8.30. The lowest BCUT2D eigenvalue weighted by Crippen LogP contribution is -2.31. The topological polar surface area (TPSA) is 79.3 Å². The highest BCUT2D eigenvalue weighted by atomic mass is 32.1. The van der Waals surface area contributed by atoms with Crippen LogP contribution in [0.5, 0.6) is 0 Å². The number of carboxylic acids is 1. The third-order valence-corrected chi connectivity index (χ3v) is 5.23. The first-order chi connectivity index (χ1) is 10.6. The highest BCUT2D eigenvalue weighted by molar-refractivity contribution is 7.18. The van der Waals surface area contributed by atoms with Crippen LogP contribution in [0.4, 0.5) is 0 Å². The third-order valence-electron chi connectivity index (χ3n) is 4.13. The summed E-state index contributed by atoms with van der Waals surface area (Å²) in [5.41, 5.74) is 0.994. The maximum atomic E-state index is 12.1. The number of aromatic nitrogens is 1. The summed E-state index contributed by atoms with van der Waals surface area (Å²) in [6.07, 6.45) is 2.44. The number of hydrogen-bond acceptors (Lipinski definition) is 4. The zero-order chi connectivity index (χ0) is 15.5. The molecule has 0 unspecified atom stereocenters. The number of para-hydroxylation sites is 1. The van der Waals surface area contributed by atoms with Crippen molar-refractivity contribution in [1.29, 1.82) is 0 Å². The Morgan fingerprint density at radius 1 is 1.27 bits per heavy atom. The number of benzene rings is 1. The molecule has 1 aromatic carbocycles. The molecule has 22 heavy (non-hydrogen) atoms. The summed E-state index contributed by atoms with van der Waals surface area (Å²) >= 11 is 1.65. The fraction of sp³-hybridized carbons (Fsp3) is 0.438. The summed E-state index contributed by atoms with van der Waals surface area (Å²) in [4.78, 5) is 27.5. The van der Waals surface area contributed by atoms with E-state index in [0.29, 0.717) is 32.2 Å². The molecule has 2 N–H and O–H groups in total.